The Balaban J connectivity index is 1.69. The lowest BCUT2D eigenvalue weighted by Crippen LogP contribution is -2.12. The van der Waals surface area contributed by atoms with Crippen LogP contribution >= 0.6 is 11.6 Å². The zero-order valence-electron chi connectivity index (χ0n) is 17.0. The number of halogens is 1. The average Bonchev–Trinajstić information content (AvgIpc) is 3.03. The van der Waals surface area contributed by atoms with Gasteiger partial charge in [-0.05, 0) is 30.7 Å². The number of nitrogens with two attached hydrogens (primary N) is 1. The van der Waals surface area contributed by atoms with E-state index >= 15 is 0 Å². The Hall–Kier alpha value is -3.98. The van der Waals surface area contributed by atoms with E-state index in [0.29, 0.717) is 23.0 Å². The molecule has 164 valence electrons. The van der Waals surface area contributed by atoms with Gasteiger partial charge < -0.3 is 10.5 Å². The van der Waals surface area contributed by atoms with E-state index in [0.717, 1.165) is 11.6 Å². The summed E-state index contributed by atoms with van der Waals surface area (Å²) in [6, 6.07) is 13.4. The summed E-state index contributed by atoms with van der Waals surface area (Å²) in [4.78, 5) is 33.9. The number of carbonyl (C=O) groups is 2. The predicted octanol–water partition coefficient (Wildman–Crippen LogP) is 3.66. The molecule has 0 fully saturated rings. The van der Waals surface area contributed by atoms with Crippen molar-refractivity contribution in [3.63, 3.8) is 0 Å². The van der Waals surface area contributed by atoms with Crippen molar-refractivity contribution in [1.29, 1.82) is 0 Å². The first kappa shape index (κ1) is 22.7. The highest BCUT2D eigenvalue weighted by molar-refractivity contribution is 6.31. The van der Waals surface area contributed by atoms with Crippen LogP contribution in [0.4, 0.5) is 5.69 Å². The Morgan fingerprint density at radius 3 is 2.62 bits per heavy atom. The van der Waals surface area contributed by atoms with E-state index in [4.69, 9.17) is 22.1 Å². The number of hydrogen-bond donors (Lipinski definition) is 1. The van der Waals surface area contributed by atoms with Crippen molar-refractivity contribution in [2.24, 2.45) is 5.73 Å². The smallest absolute Gasteiger partial charge is 0.331 e. The summed E-state index contributed by atoms with van der Waals surface area (Å²) in [6.07, 6.45) is 2.66. The van der Waals surface area contributed by atoms with Crippen LogP contribution in [-0.2, 0) is 22.7 Å². The number of amides is 1. The molecule has 0 aliphatic carbocycles. The molecule has 0 bridgehead atoms. The van der Waals surface area contributed by atoms with Crippen LogP contribution in [0.3, 0.4) is 0 Å². The third-order valence-corrected chi connectivity index (χ3v) is 5.01. The molecule has 0 aliphatic heterocycles. The minimum absolute atomic E-state index is 0.00990. The number of nitro benzene ring substituents is 1. The van der Waals surface area contributed by atoms with Crippen molar-refractivity contribution in [1.82, 2.24) is 9.78 Å². The van der Waals surface area contributed by atoms with Crippen molar-refractivity contribution in [3.05, 3.63) is 97.8 Å². The van der Waals surface area contributed by atoms with E-state index in [2.05, 4.69) is 5.10 Å². The number of carbonyl (C=O) groups excluding carboxylic acids is 2. The van der Waals surface area contributed by atoms with Gasteiger partial charge >= 0.3 is 5.97 Å². The standard InChI is InChI=1S/C22H19ClN4O5/c1-14-18(21(23)26(25-14)12-15-5-3-2-4-6-15)9-10-20(28)32-13-17-8-7-16(22(24)29)11-19(17)27(30)31/h2-11H,12-13H2,1H3,(H2,24,29)/b10-9+. The van der Waals surface area contributed by atoms with Crippen LogP contribution in [0, 0.1) is 17.0 Å². The van der Waals surface area contributed by atoms with Gasteiger partial charge in [-0.2, -0.15) is 5.10 Å². The molecule has 32 heavy (non-hydrogen) atoms. The number of aromatic nitrogens is 2. The third kappa shape index (κ3) is 5.38. The molecule has 0 atom stereocenters. The number of esters is 1. The number of rotatable bonds is 8. The molecule has 1 heterocycles. The first-order chi connectivity index (χ1) is 15.3. The Bertz CT molecular complexity index is 1200. The highest BCUT2D eigenvalue weighted by Gasteiger charge is 2.18. The number of ether oxygens (including phenoxy) is 1. The molecule has 10 heteroatoms. The summed E-state index contributed by atoms with van der Waals surface area (Å²) in [5, 5.41) is 16.0. The van der Waals surface area contributed by atoms with Crippen LogP contribution in [0.5, 0.6) is 0 Å². The van der Waals surface area contributed by atoms with Gasteiger partial charge in [0, 0.05) is 23.3 Å². The molecule has 0 spiro atoms. The largest absolute Gasteiger partial charge is 0.457 e. The Kier molecular flexibility index (Phi) is 7.01. The minimum atomic E-state index is -0.792. The molecule has 3 aromatic rings. The summed E-state index contributed by atoms with van der Waals surface area (Å²) in [6.45, 7) is 1.89. The van der Waals surface area contributed by atoms with E-state index < -0.39 is 16.8 Å². The fourth-order valence-electron chi connectivity index (χ4n) is 2.98. The highest BCUT2D eigenvalue weighted by atomic mass is 35.5. The van der Waals surface area contributed by atoms with Gasteiger partial charge in [-0.15, -0.1) is 0 Å². The molecular weight excluding hydrogens is 436 g/mol. The molecule has 1 aromatic heterocycles. The summed E-state index contributed by atoms with van der Waals surface area (Å²) < 4.78 is 6.73. The first-order valence-corrected chi connectivity index (χ1v) is 9.83. The SMILES string of the molecule is Cc1nn(Cc2ccccc2)c(Cl)c1/C=C/C(=O)OCc1ccc(C(N)=O)cc1[N+](=O)[O-]. The van der Waals surface area contributed by atoms with Gasteiger partial charge in [0.2, 0.25) is 5.91 Å². The predicted molar refractivity (Wildman–Crippen MR) is 118 cm³/mol. The number of nitro groups is 1. The lowest BCUT2D eigenvalue weighted by Gasteiger charge is -2.05. The van der Waals surface area contributed by atoms with Gasteiger partial charge in [0.1, 0.15) is 11.8 Å². The highest BCUT2D eigenvalue weighted by Crippen LogP contribution is 2.23. The first-order valence-electron chi connectivity index (χ1n) is 9.45. The molecule has 9 nitrogen and oxygen atoms in total. The summed E-state index contributed by atoms with van der Waals surface area (Å²) >= 11 is 6.42. The van der Waals surface area contributed by atoms with Crippen molar-refractivity contribution in [2.75, 3.05) is 0 Å². The van der Waals surface area contributed by atoms with Crippen molar-refractivity contribution < 1.29 is 19.2 Å². The van der Waals surface area contributed by atoms with Crippen LogP contribution in [0.15, 0.2) is 54.6 Å². The lowest BCUT2D eigenvalue weighted by atomic mass is 10.1. The lowest BCUT2D eigenvalue weighted by molar-refractivity contribution is -0.385. The van der Waals surface area contributed by atoms with Crippen molar-refractivity contribution in [2.45, 2.75) is 20.1 Å². The van der Waals surface area contributed by atoms with Crippen molar-refractivity contribution in [3.8, 4) is 0 Å². The fraction of sp³-hybridized carbons (Fsp3) is 0.136. The van der Waals surface area contributed by atoms with E-state index in [1.807, 2.05) is 30.3 Å². The van der Waals surface area contributed by atoms with Crippen LogP contribution in [-0.4, -0.2) is 26.6 Å². The van der Waals surface area contributed by atoms with Gasteiger partial charge in [0.25, 0.3) is 5.69 Å². The summed E-state index contributed by atoms with van der Waals surface area (Å²) in [7, 11) is 0. The molecule has 1 amide bonds. The second-order valence-electron chi connectivity index (χ2n) is 6.84. The molecule has 2 aromatic carbocycles. The Morgan fingerprint density at radius 2 is 1.97 bits per heavy atom. The van der Waals surface area contributed by atoms with Gasteiger partial charge in [-0.3, -0.25) is 14.9 Å². The molecule has 3 rings (SSSR count). The van der Waals surface area contributed by atoms with Crippen molar-refractivity contribution >= 4 is 35.2 Å². The van der Waals surface area contributed by atoms with E-state index in [1.165, 1.54) is 24.3 Å². The van der Waals surface area contributed by atoms with E-state index in [9.17, 15) is 19.7 Å². The number of hydrogen-bond acceptors (Lipinski definition) is 6. The maximum atomic E-state index is 12.1. The molecule has 0 radical (unpaired) electrons. The van der Waals surface area contributed by atoms with Gasteiger partial charge in [-0.25, -0.2) is 9.48 Å². The summed E-state index contributed by atoms with van der Waals surface area (Å²) in [5.41, 5.74) is 7.13. The second kappa shape index (κ2) is 9.88. The normalized spacial score (nSPS) is 10.9. The number of benzene rings is 2. The van der Waals surface area contributed by atoms with Crippen LogP contribution in [0.25, 0.3) is 6.08 Å². The van der Waals surface area contributed by atoms with Crippen LogP contribution in [0.1, 0.15) is 32.7 Å². The molecule has 0 unspecified atom stereocenters. The molecule has 2 N–H and O–H groups in total. The molecule has 0 saturated carbocycles. The summed E-state index contributed by atoms with van der Waals surface area (Å²) in [5.74, 6) is -1.51. The fourth-order valence-corrected chi connectivity index (χ4v) is 3.27. The Morgan fingerprint density at radius 1 is 1.25 bits per heavy atom. The molecule has 0 saturated heterocycles. The number of nitrogens with zero attached hydrogens (tertiary/aromatic N) is 3. The van der Waals surface area contributed by atoms with Gasteiger partial charge in [-0.1, -0.05) is 41.9 Å². The monoisotopic (exact) mass is 454 g/mol. The van der Waals surface area contributed by atoms with Crippen LogP contribution < -0.4 is 5.73 Å². The Labute approximate surface area is 188 Å². The maximum absolute atomic E-state index is 12.1. The number of aryl methyl sites for hydroxylation is 1. The number of primary amides is 1. The zero-order chi connectivity index (χ0) is 23.3. The van der Waals surface area contributed by atoms with E-state index in [1.54, 1.807) is 11.6 Å². The second-order valence-corrected chi connectivity index (χ2v) is 7.20. The maximum Gasteiger partial charge on any atom is 0.331 e. The minimum Gasteiger partial charge on any atom is -0.457 e. The topological polar surface area (TPSA) is 130 Å². The quantitative estimate of drug-likeness (QED) is 0.239. The van der Waals surface area contributed by atoms with E-state index in [-0.39, 0.29) is 23.4 Å². The molecular formula is C22H19ClN4O5. The zero-order valence-corrected chi connectivity index (χ0v) is 17.8. The van der Waals surface area contributed by atoms with Gasteiger partial charge in [0.15, 0.2) is 0 Å². The average molecular weight is 455 g/mol. The van der Waals surface area contributed by atoms with Crippen LogP contribution in [0.2, 0.25) is 5.15 Å². The third-order valence-electron chi connectivity index (χ3n) is 4.61. The van der Waals surface area contributed by atoms with Gasteiger partial charge in [0.05, 0.1) is 22.7 Å². The molecule has 0 aliphatic rings.